The summed E-state index contributed by atoms with van der Waals surface area (Å²) >= 11 is 0. The van der Waals surface area contributed by atoms with Gasteiger partial charge in [-0.05, 0) is 44.2 Å². The van der Waals surface area contributed by atoms with Crippen LogP contribution in [0.25, 0.3) is 0 Å². The molecule has 1 aromatic rings. The summed E-state index contributed by atoms with van der Waals surface area (Å²) in [6.07, 6.45) is 1.52. The molecule has 3 N–H and O–H groups in total. The average Bonchev–Trinajstić information content (AvgIpc) is 2.37. The zero-order chi connectivity index (χ0) is 15.1. The Balaban J connectivity index is 2.50. The summed E-state index contributed by atoms with van der Waals surface area (Å²) in [5, 5.41) is 3.06. The third-order valence-electron chi connectivity index (χ3n) is 3.57. The number of amides is 1. The molecule has 1 amide bonds. The van der Waals surface area contributed by atoms with Crippen LogP contribution in [0.3, 0.4) is 0 Å². The molecule has 0 aliphatic heterocycles. The minimum absolute atomic E-state index is 0.0422. The van der Waals surface area contributed by atoms with E-state index in [1.165, 1.54) is 5.56 Å². The Bertz CT molecular complexity index is 412. The lowest BCUT2D eigenvalue weighted by molar-refractivity contribution is -0.122. The number of hydrogen-bond donors (Lipinski definition) is 2. The highest BCUT2D eigenvalue weighted by Crippen LogP contribution is 2.16. The molecule has 0 spiro atoms. The van der Waals surface area contributed by atoms with Crippen molar-refractivity contribution in [2.75, 3.05) is 6.54 Å². The Kier molecular flexibility index (Phi) is 6.73. The van der Waals surface area contributed by atoms with E-state index in [1.54, 1.807) is 0 Å². The molecule has 0 unspecified atom stereocenters. The van der Waals surface area contributed by atoms with Gasteiger partial charge in [-0.1, -0.05) is 43.7 Å². The SMILES string of the molecule is Cc1ccc([C@H](C)NC(=O)C[C@@H](CN)CC(C)C)cc1. The van der Waals surface area contributed by atoms with Crippen LogP contribution >= 0.6 is 0 Å². The molecule has 3 heteroatoms. The molecule has 0 fully saturated rings. The maximum absolute atomic E-state index is 12.1. The number of carbonyl (C=O) groups excluding carboxylic acids is 1. The number of hydrogen-bond acceptors (Lipinski definition) is 2. The fraction of sp³-hybridized carbons (Fsp3) is 0.588. The topological polar surface area (TPSA) is 55.1 Å². The van der Waals surface area contributed by atoms with Gasteiger partial charge in [0.05, 0.1) is 6.04 Å². The quantitative estimate of drug-likeness (QED) is 0.803. The molecule has 0 saturated carbocycles. The summed E-state index contributed by atoms with van der Waals surface area (Å²) in [6.45, 7) is 8.97. The van der Waals surface area contributed by atoms with Gasteiger partial charge in [-0.15, -0.1) is 0 Å². The van der Waals surface area contributed by atoms with Crippen LogP contribution in [0.2, 0.25) is 0 Å². The summed E-state index contributed by atoms with van der Waals surface area (Å²) in [5.41, 5.74) is 8.11. The van der Waals surface area contributed by atoms with E-state index in [4.69, 9.17) is 5.73 Å². The molecule has 0 radical (unpaired) electrons. The van der Waals surface area contributed by atoms with E-state index in [-0.39, 0.29) is 17.9 Å². The number of aryl methyl sites for hydroxylation is 1. The van der Waals surface area contributed by atoms with Crippen LogP contribution in [0, 0.1) is 18.8 Å². The molecule has 0 aliphatic carbocycles. The third-order valence-corrected chi connectivity index (χ3v) is 3.57. The summed E-state index contributed by atoms with van der Waals surface area (Å²) in [5.74, 6) is 0.945. The molecular formula is C17H28N2O. The van der Waals surface area contributed by atoms with Gasteiger partial charge < -0.3 is 11.1 Å². The Labute approximate surface area is 122 Å². The monoisotopic (exact) mass is 276 g/mol. The van der Waals surface area contributed by atoms with Crippen LogP contribution in [-0.4, -0.2) is 12.5 Å². The van der Waals surface area contributed by atoms with Gasteiger partial charge in [0.15, 0.2) is 0 Å². The van der Waals surface area contributed by atoms with E-state index < -0.39 is 0 Å². The summed E-state index contributed by atoms with van der Waals surface area (Å²) in [6, 6.07) is 8.31. The van der Waals surface area contributed by atoms with Crippen molar-refractivity contribution in [2.24, 2.45) is 17.6 Å². The van der Waals surface area contributed by atoms with Crippen LogP contribution in [-0.2, 0) is 4.79 Å². The largest absolute Gasteiger partial charge is 0.350 e. The van der Waals surface area contributed by atoms with E-state index in [9.17, 15) is 4.79 Å². The van der Waals surface area contributed by atoms with Crippen molar-refractivity contribution in [3.63, 3.8) is 0 Å². The van der Waals surface area contributed by atoms with Crippen molar-refractivity contribution in [1.29, 1.82) is 0 Å². The summed E-state index contributed by atoms with van der Waals surface area (Å²) in [7, 11) is 0. The molecule has 1 rings (SSSR count). The number of nitrogens with one attached hydrogen (secondary N) is 1. The second-order valence-electron chi connectivity index (χ2n) is 6.14. The Morgan fingerprint density at radius 2 is 1.80 bits per heavy atom. The highest BCUT2D eigenvalue weighted by Gasteiger charge is 2.16. The van der Waals surface area contributed by atoms with Gasteiger partial charge in [0.25, 0.3) is 0 Å². The second-order valence-corrected chi connectivity index (χ2v) is 6.14. The van der Waals surface area contributed by atoms with Crippen LogP contribution in [0.15, 0.2) is 24.3 Å². The van der Waals surface area contributed by atoms with Crippen LogP contribution in [0.5, 0.6) is 0 Å². The molecule has 0 aliphatic rings. The van der Waals surface area contributed by atoms with Gasteiger partial charge in [-0.2, -0.15) is 0 Å². The summed E-state index contributed by atoms with van der Waals surface area (Å²) < 4.78 is 0. The predicted molar refractivity (Wildman–Crippen MR) is 84.4 cm³/mol. The first-order valence-electron chi connectivity index (χ1n) is 7.48. The second kappa shape index (κ2) is 8.05. The zero-order valence-corrected chi connectivity index (χ0v) is 13.1. The molecule has 2 atom stereocenters. The predicted octanol–water partition coefficient (Wildman–Crippen LogP) is 3.18. The average molecular weight is 276 g/mol. The molecule has 0 aromatic heterocycles. The Morgan fingerprint density at radius 3 is 2.30 bits per heavy atom. The third kappa shape index (κ3) is 5.74. The minimum Gasteiger partial charge on any atom is -0.350 e. The first-order valence-corrected chi connectivity index (χ1v) is 7.48. The first-order chi connectivity index (χ1) is 9.42. The maximum atomic E-state index is 12.1. The van der Waals surface area contributed by atoms with Crippen molar-refractivity contribution in [3.8, 4) is 0 Å². The van der Waals surface area contributed by atoms with Crippen molar-refractivity contribution < 1.29 is 4.79 Å². The lowest BCUT2D eigenvalue weighted by atomic mass is 9.94. The lowest BCUT2D eigenvalue weighted by Crippen LogP contribution is -2.30. The molecule has 1 aromatic carbocycles. The van der Waals surface area contributed by atoms with Crippen molar-refractivity contribution in [3.05, 3.63) is 35.4 Å². The van der Waals surface area contributed by atoms with Crippen molar-refractivity contribution >= 4 is 5.91 Å². The lowest BCUT2D eigenvalue weighted by Gasteiger charge is -2.19. The van der Waals surface area contributed by atoms with Crippen LogP contribution in [0.1, 0.15) is 50.8 Å². The van der Waals surface area contributed by atoms with E-state index in [0.29, 0.717) is 18.9 Å². The smallest absolute Gasteiger partial charge is 0.220 e. The van der Waals surface area contributed by atoms with E-state index >= 15 is 0 Å². The van der Waals surface area contributed by atoms with E-state index in [2.05, 4.69) is 50.4 Å². The molecule has 3 nitrogen and oxygen atoms in total. The zero-order valence-electron chi connectivity index (χ0n) is 13.1. The number of nitrogens with two attached hydrogens (primary N) is 1. The number of carbonyl (C=O) groups is 1. The van der Waals surface area contributed by atoms with Gasteiger partial charge >= 0.3 is 0 Å². The number of benzene rings is 1. The van der Waals surface area contributed by atoms with E-state index in [0.717, 1.165) is 12.0 Å². The highest BCUT2D eigenvalue weighted by molar-refractivity contribution is 5.76. The molecule has 0 bridgehead atoms. The van der Waals surface area contributed by atoms with Crippen molar-refractivity contribution in [2.45, 2.75) is 46.6 Å². The van der Waals surface area contributed by atoms with E-state index in [1.807, 2.05) is 6.92 Å². The minimum atomic E-state index is 0.0422. The van der Waals surface area contributed by atoms with Crippen molar-refractivity contribution in [1.82, 2.24) is 5.32 Å². The van der Waals surface area contributed by atoms with Gasteiger partial charge in [-0.25, -0.2) is 0 Å². The Morgan fingerprint density at radius 1 is 1.20 bits per heavy atom. The molecule has 20 heavy (non-hydrogen) atoms. The van der Waals surface area contributed by atoms with Gasteiger partial charge in [0.1, 0.15) is 0 Å². The standard InChI is InChI=1S/C17H28N2O/c1-12(2)9-15(11-18)10-17(20)19-14(4)16-7-5-13(3)6-8-16/h5-8,12,14-15H,9-11,18H2,1-4H3,(H,19,20)/t14-,15-/m0/s1. The van der Waals surface area contributed by atoms with Crippen LogP contribution in [0.4, 0.5) is 0 Å². The fourth-order valence-corrected chi connectivity index (χ4v) is 2.43. The molecule has 0 saturated heterocycles. The first kappa shape index (κ1) is 16.7. The summed E-state index contributed by atoms with van der Waals surface area (Å²) in [4.78, 5) is 12.1. The molecular weight excluding hydrogens is 248 g/mol. The van der Waals surface area contributed by atoms with Gasteiger partial charge in [0.2, 0.25) is 5.91 Å². The van der Waals surface area contributed by atoms with Crippen LogP contribution < -0.4 is 11.1 Å². The number of rotatable bonds is 7. The van der Waals surface area contributed by atoms with Gasteiger partial charge in [0, 0.05) is 6.42 Å². The maximum Gasteiger partial charge on any atom is 0.220 e. The van der Waals surface area contributed by atoms with Gasteiger partial charge in [-0.3, -0.25) is 4.79 Å². The molecule has 0 heterocycles. The normalized spacial score (nSPS) is 14.1. The highest BCUT2D eigenvalue weighted by atomic mass is 16.1. The molecule has 112 valence electrons. The Hall–Kier alpha value is -1.35. The fourth-order valence-electron chi connectivity index (χ4n) is 2.43.